The Balaban J connectivity index is 1.79. The Morgan fingerprint density at radius 2 is 2.00 bits per heavy atom. The first-order valence-electron chi connectivity index (χ1n) is 9.94. The van der Waals surface area contributed by atoms with Crippen LogP contribution in [0.4, 0.5) is 0 Å². The van der Waals surface area contributed by atoms with Gasteiger partial charge >= 0.3 is 5.76 Å². The molecule has 168 valence electrons. The quantitative estimate of drug-likeness (QED) is 0.559. The van der Waals surface area contributed by atoms with Gasteiger partial charge in [0.25, 0.3) is 0 Å². The fraction of sp³-hybridized carbons (Fsp3) is 0.273. The van der Waals surface area contributed by atoms with Crippen LogP contribution in [0.3, 0.4) is 0 Å². The zero-order chi connectivity index (χ0) is 23.0. The SMILES string of the molecule is Cc1cccc([C@@H](C)[C@H](NS(=O)(=O)c2ccc(Cl)c3c2OCC=C3)c2n[nH]c(=O)o2)c1C. The Morgan fingerprint density at radius 3 is 2.72 bits per heavy atom. The number of rotatable bonds is 6. The molecule has 0 radical (unpaired) electrons. The normalized spacial score (nSPS) is 15.1. The lowest BCUT2D eigenvalue weighted by Crippen LogP contribution is -2.33. The number of ether oxygens (including phenoxy) is 1. The number of aromatic amines is 1. The van der Waals surface area contributed by atoms with Gasteiger partial charge in [-0.2, -0.15) is 4.72 Å². The molecule has 3 aromatic rings. The van der Waals surface area contributed by atoms with Crippen LogP contribution in [0.2, 0.25) is 5.02 Å². The van der Waals surface area contributed by atoms with Crippen LogP contribution in [0.5, 0.6) is 5.75 Å². The second-order valence-corrected chi connectivity index (χ2v) is 9.72. The van der Waals surface area contributed by atoms with E-state index in [1.54, 1.807) is 12.2 Å². The lowest BCUT2D eigenvalue weighted by molar-refractivity contribution is 0.347. The Labute approximate surface area is 190 Å². The van der Waals surface area contributed by atoms with Crippen LogP contribution in [-0.4, -0.2) is 25.2 Å². The molecule has 2 N–H and O–H groups in total. The first kappa shape index (κ1) is 22.3. The van der Waals surface area contributed by atoms with E-state index in [0.29, 0.717) is 10.6 Å². The zero-order valence-electron chi connectivity index (χ0n) is 17.7. The highest BCUT2D eigenvalue weighted by Gasteiger charge is 2.34. The van der Waals surface area contributed by atoms with Gasteiger partial charge in [0.15, 0.2) is 0 Å². The number of benzene rings is 2. The Hall–Kier alpha value is -2.88. The molecule has 32 heavy (non-hydrogen) atoms. The number of aryl methyl sites for hydroxylation is 1. The van der Waals surface area contributed by atoms with E-state index in [4.69, 9.17) is 20.8 Å². The van der Waals surface area contributed by atoms with Gasteiger partial charge in [0.1, 0.15) is 23.3 Å². The van der Waals surface area contributed by atoms with E-state index in [9.17, 15) is 13.2 Å². The smallest absolute Gasteiger partial charge is 0.434 e. The van der Waals surface area contributed by atoms with Crippen LogP contribution in [0.15, 0.2) is 50.5 Å². The van der Waals surface area contributed by atoms with Crippen molar-refractivity contribution < 1.29 is 17.6 Å². The second-order valence-electron chi connectivity index (χ2n) is 7.63. The van der Waals surface area contributed by atoms with Gasteiger partial charge in [0, 0.05) is 11.5 Å². The van der Waals surface area contributed by atoms with Gasteiger partial charge in [-0.25, -0.2) is 18.3 Å². The van der Waals surface area contributed by atoms with Crippen molar-refractivity contribution in [2.24, 2.45) is 0 Å². The Kier molecular flexibility index (Phi) is 5.98. The summed E-state index contributed by atoms with van der Waals surface area (Å²) in [6.07, 6.45) is 3.48. The number of hydrogen-bond acceptors (Lipinski definition) is 6. The van der Waals surface area contributed by atoms with Crippen LogP contribution < -0.4 is 15.2 Å². The minimum Gasteiger partial charge on any atom is -0.487 e. The van der Waals surface area contributed by atoms with Crippen molar-refractivity contribution >= 4 is 27.7 Å². The van der Waals surface area contributed by atoms with Gasteiger partial charge in [0.05, 0.1) is 5.02 Å². The number of sulfonamides is 1. The van der Waals surface area contributed by atoms with Gasteiger partial charge in [-0.3, -0.25) is 0 Å². The molecule has 0 saturated heterocycles. The third kappa shape index (κ3) is 4.11. The summed E-state index contributed by atoms with van der Waals surface area (Å²) in [4.78, 5) is 11.6. The van der Waals surface area contributed by atoms with E-state index >= 15 is 0 Å². The highest BCUT2D eigenvalue weighted by Crippen LogP contribution is 2.38. The van der Waals surface area contributed by atoms with Crippen molar-refractivity contribution in [1.82, 2.24) is 14.9 Å². The molecule has 0 unspecified atom stereocenters. The number of H-pyrrole nitrogens is 1. The van der Waals surface area contributed by atoms with Crippen molar-refractivity contribution in [3.63, 3.8) is 0 Å². The van der Waals surface area contributed by atoms with Crippen molar-refractivity contribution in [1.29, 1.82) is 0 Å². The third-order valence-corrected chi connectivity index (χ3v) is 7.44. The van der Waals surface area contributed by atoms with E-state index in [-0.39, 0.29) is 23.1 Å². The number of fused-ring (bicyclic) bond motifs is 1. The highest BCUT2D eigenvalue weighted by atomic mass is 35.5. The van der Waals surface area contributed by atoms with Crippen LogP contribution in [0, 0.1) is 13.8 Å². The standard InChI is InChI=1S/C22H22ClN3O5S/c1-12-6-4-7-15(13(12)2)14(3)19(21-24-25-22(27)31-21)26-32(28,29)18-10-9-17(23)16-8-5-11-30-20(16)18/h4-10,14,19,26H,11H2,1-3H3,(H,25,27)/t14-,19+/m1/s1. The molecule has 0 amide bonds. The summed E-state index contributed by atoms with van der Waals surface area (Å²) in [5.74, 6) is -1.06. The molecule has 1 aliphatic heterocycles. The maximum atomic E-state index is 13.5. The van der Waals surface area contributed by atoms with E-state index in [1.807, 2.05) is 39.0 Å². The minimum atomic E-state index is -4.12. The molecule has 0 saturated carbocycles. The number of halogens is 1. The average Bonchev–Trinajstić information content (AvgIpc) is 3.20. The number of nitrogens with zero attached hydrogens (tertiary/aromatic N) is 1. The maximum Gasteiger partial charge on any atom is 0.434 e. The molecule has 0 fully saturated rings. The zero-order valence-corrected chi connectivity index (χ0v) is 19.3. The molecule has 1 aromatic heterocycles. The third-order valence-electron chi connectivity index (χ3n) is 5.64. The van der Waals surface area contributed by atoms with Gasteiger partial charge in [-0.15, -0.1) is 5.10 Å². The molecule has 2 aromatic carbocycles. The van der Waals surface area contributed by atoms with E-state index < -0.39 is 27.7 Å². The van der Waals surface area contributed by atoms with E-state index in [1.165, 1.54) is 12.1 Å². The fourth-order valence-electron chi connectivity index (χ4n) is 3.79. The van der Waals surface area contributed by atoms with Crippen LogP contribution in [-0.2, 0) is 10.0 Å². The summed E-state index contributed by atoms with van der Waals surface area (Å²) < 4.78 is 40.4. The summed E-state index contributed by atoms with van der Waals surface area (Å²) in [6.45, 7) is 6.01. The molecule has 8 nitrogen and oxygen atoms in total. The van der Waals surface area contributed by atoms with E-state index in [0.717, 1.165) is 16.7 Å². The molecule has 10 heteroatoms. The van der Waals surface area contributed by atoms with Crippen molar-refractivity contribution in [3.05, 3.63) is 80.1 Å². The summed E-state index contributed by atoms with van der Waals surface area (Å²) in [7, 11) is -4.12. The van der Waals surface area contributed by atoms with Gasteiger partial charge in [0.2, 0.25) is 15.9 Å². The molecule has 0 aliphatic carbocycles. The van der Waals surface area contributed by atoms with Crippen molar-refractivity contribution in [3.8, 4) is 5.75 Å². The van der Waals surface area contributed by atoms with E-state index in [2.05, 4.69) is 14.9 Å². The molecule has 0 bridgehead atoms. The Morgan fingerprint density at radius 1 is 1.22 bits per heavy atom. The van der Waals surface area contributed by atoms with Crippen molar-refractivity contribution in [2.75, 3.05) is 6.61 Å². The second kappa shape index (κ2) is 8.57. The largest absolute Gasteiger partial charge is 0.487 e. The topological polar surface area (TPSA) is 114 Å². The monoisotopic (exact) mass is 475 g/mol. The van der Waals surface area contributed by atoms with Gasteiger partial charge < -0.3 is 9.15 Å². The molecule has 1 aliphatic rings. The lowest BCUT2D eigenvalue weighted by atomic mass is 9.88. The number of nitrogens with one attached hydrogen (secondary N) is 2. The molecule has 2 heterocycles. The fourth-order valence-corrected chi connectivity index (χ4v) is 5.42. The first-order valence-corrected chi connectivity index (χ1v) is 11.8. The summed E-state index contributed by atoms with van der Waals surface area (Å²) >= 11 is 6.22. The molecule has 4 rings (SSSR count). The highest BCUT2D eigenvalue weighted by molar-refractivity contribution is 7.89. The minimum absolute atomic E-state index is 0.0581. The molecule has 2 atom stereocenters. The van der Waals surface area contributed by atoms with Crippen molar-refractivity contribution in [2.45, 2.75) is 37.6 Å². The predicted octanol–water partition coefficient (Wildman–Crippen LogP) is 3.86. The average molecular weight is 476 g/mol. The molecular weight excluding hydrogens is 454 g/mol. The lowest BCUT2D eigenvalue weighted by Gasteiger charge is -2.25. The first-order chi connectivity index (χ1) is 15.2. The van der Waals surface area contributed by atoms with Crippen LogP contribution in [0.25, 0.3) is 6.08 Å². The summed E-state index contributed by atoms with van der Waals surface area (Å²) in [6, 6.07) is 7.73. The van der Waals surface area contributed by atoms with Crippen LogP contribution in [0.1, 0.15) is 47.0 Å². The van der Waals surface area contributed by atoms with Gasteiger partial charge in [-0.1, -0.05) is 42.8 Å². The predicted molar refractivity (Wildman–Crippen MR) is 120 cm³/mol. The molecular formula is C22H22ClN3O5S. The van der Waals surface area contributed by atoms with Gasteiger partial charge in [-0.05, 0) is 48.7 Å². The Bertz CT molecular complexity index is 1360. The summed E-state index contributed by atoms with van der Waals surface area (Å²) in [5, 5.41) is 6.49. The maximum absolute atomic E-state index is 13.5. The van der Waals surface area contributed by atoms with Crippen LogP contribution >= 0.6 is 11.6 Å². The molecule has 0 spiro atoms. The summed E-state index contributed by atoms with van der Waals surface area (Å²) in [5.41, 5.74) is 3.47. The number of aromatic nitrogens is 2. The number of hydrogen-bond donors (Lipinski definition) is 2.